The largest absolute Gasteiger partial charge is 0.469 e. The third-order valence-corrected chi connectivity index (χ3v) is 3.33. The van der Waals surface area contributed by atoms with Crippen molar-refractivity contribution in [2.45, 2.75) is 13.0 Å². The molecule has 0 unspecified atom stereocenters. The van der Waals surface area contributed by atoms with Crippen molar-refractivity contribution in [1.82, 2.24) is 5.32 Å². The molecular formula is C13H13Cl2NO. The zero-order valence-electron chi connectivity index (χ0n) is 9.25. The molecule has 2 rings (SSSR count). The van der Waals surface area contributed by atoms with Gasteiger partial charge in [-0.05, 0) is 23.8 Å². The van der Waals surface area contributed by atoms with Gasteiger partial charge in [-0.1, -0.05) is 35.3 Å². The van der Waals surface area contributed by atoms with E-state index in [1.807, 2.05) is 24.3 Å². The summed E-state index contributed by atoms with van der Waals surface area (Å²) >= 11 is 12.0. The van der Waals surface area contributed by atoms with E-state index in [1.165, 1.54) is 0 Å². The van der Waals surface area contributed by atoms with Crippen LogP contribution in [0.5, 0.6) is 0 Å². The molecule has 17 heavy (non-hydrogen) atoms. The minimum absolute atomic E-state index is 0.594. The molecule has 0 spiro atoms. The minimum Gasteiger partial charge on any atom is -0.469 e. The van der Waals surface area contributed by atoms with Crippen molar-refractivity contribution in [3.63, 3.8) is 0 Å². The van der Waals surface area contributed by atoms with Gasteiger partial charge in [-0.15, -0.1) is 0 Å². The number of rotatable bonds is 5. The first-order valence-corrected chi connectivity index (χ1v) is 6.19. The second-order valence-electron chi connectivity index (χ2n) is 3.72. The summed E-state index contributed by atoms with van der Waals surface area (Å²) in [5.41, 5.74) is 1.01. The molecule has 0 atom stereocenters. The first-order valence-electron chi connectivity index (χ1n) is 5.43. The molecule has 0 aliphatic rings. The minimum atomic E-state index is 0.594. The molecule has 0 saturated heterocycles. The number of halogens is 2. The molecule has 0 fully saturated rings. The Kier molecular flexibility index (Phi) is 4.49. The Morgan fingerprint density at radius 3 is 2.76 bits per heavy atom. The molecule has 1 aromatic heterocycles. The van der Waals surface area contributed by atoms with Crippen molar-refractivity contribution in [3.8, 4) is 0 Å². The Labute approximate surface area is 111 Å². The lowest BCUT2D eigenvalue weighted by molar-refractivity contribution is 0.499. The van der Waals surface area contributed by atoms with Crippen LogP contribution in [0, 0.1) is 0 Å². The summed E-state index contributed by atoms with van der Waals surface area (Å²) in [7, 11) is 0. The van der Waals surface area contributed by atoms with Gasteiger partial charge >= 0.3 is 0 Å². The molecule has 1 heterocycles. The van der Waals surface area contributed by atoms with E-state index >= 15 is 0 Å². The summed E-state index contributed by atoms with van der Waals surface area (Å²) in [6, 6.07) is 9.51. The van der Waals surface area contributed by atoms with Crippen LogP contribution >= 0.6 is 23.2 Å². The van der Waals surface area contributed by atoms with Crippen LogP contribution in [0.3, 0.4) is 0 Å². The van der Waals surface area contributed by atoms with E-state index < -0.39 is 0 Å². The highest BCUT2D eigenvalue weighted by Crippen LogP contribution is 2.25. The SMILES string of the molecule is Clc1cccc(CNCCc2ccco2)c1Cl. The third-order valence-electron chi connectivity index (χ3n) is 2.48. The standard InChI is InChI=1S/C13H13Cl2NO/c14-12-5-1-3-10(13(12)15)9-16-7-6-11-4-2-8-17-11/h1-5,8,16H,6-7,9H2. The molecule has 90 valence electrons. The highest BCUT2D eigenvalue weighted by atomic mass is 35.5. The molecule has 0 amide bonds. The Bertz CT molecular complexity index is 468. The molecule has 0 bridgehead atoms. The zero-order valence-corrected chi connectivity index (χ0v) is 10.8. The maximum absolute atomic E-state index is 6.08. The van der Waals surface area contributed by atoms with Crippen LogP contribution in [-0.4, -0.2) is 6.54 Å². The lowest BCUT2D eigenvalue weighted by Crippen LogP contribution is -2.16. The van der Waals surface area contributed by atoms with E-state index in [9.17, 15) is 0 Å². The fraction of sp³-hybridized carbons (Fsp3) is 0.231. The van der Waals surface area contributed by atoms with E-state index in [4.69, 9.17) is 27.6 Å². The predicted molar refractivity (Wildman–Crippen MR) is 70.6 cm³/mol. The number of benzene rings is 1. The van der Waals surface area contributed by atoms with Crippen LogP contribution in [0.15, 0.2) is 41.0 Å². The van der Waals surface area contributed by atoms with Gasteiger partial charge in [-0.25, -0.2) is 0 Å². The van der Waals surface area contributed by atoms with Gasteiger partial charge in [0.15, 0.2) is 0 Å². The lowest BCUT2D eigenvalue weighted by Gasteiger charge is -2.06. The van der Waals surface area contributed by atoms with Gasteiger partial charge in [0.1, 0.15) is 5.76 Å². The molecule has 2 nitrogen and oxygen atoms in total. The topological polar surface area (TPSA) is 25.2 Å². The van der Waals surface area contributed by atoms with Gasteiger partial charge in [0.2, 0.25) is 0 Å². The van der Waals surface area contributed by atoms with Crippen molar-refractivity contribution in [2.24, 2.45) is 0 Å². The quantitative estimate of drug-likeness (QED) is 0.833. The maximum atomic E-state index is 6.08. The van der Waals surface area contributed by atoms with Crippen molar-refractivity contribution >= 4 is 23.2 Å². The van der Waals surface area contributed by atoms with Gasteiger partial charge in [0.25, 0.3) is 0 Å². The van der Waals surface area contributed by atoms with Crippen molar-refractivity contribution in [2.75, 3.05) is 6.54 Å². The van der Waals surface area contributed by atoms with Crippen molar-refractivity contribution in [1.29, 1.82) is 0 Å². The maximum Gasteiger partial charge on any atom is 0.105 e. The van der Waals surface area contributed by atoms with Crippen LogP contribution < -0.4 is 5.32 Å². The molecule has 1 N–H and O–H groups in total. The molecule has 4 heteroatoms. The molecule has 0 saturated carbocycles. The average molecular weight is 270 g/mol. The van der Waals surface area contributed by atoms with Crippen LogP contribution in [0.2, 0.25) is 10.0 Å². The summed E-state index contributed by atoms with van der Waals surface area (Å²) in [5.74, 6) is 0.981. The summed E-state index contributed by atoms with van der Waals surface area (Å²) in [6.07, 6.45) is 2.55. The van der Waals surface area contributed by atoms with Gasteiger partial charge in [0, 0.05) is 19.5 Å². The van der Waals surface area contributed by atoms with E-state index in [0.717, 1.165) is 24.3 Å². The van der Waals surface area contributed by atoms with Gasteiger partial charge in [-0.2, -0.15) is 0 Å². The van der Waals surface area contributed by atoms with E-state index in [1.54, 1.807) is 12.3 Å². The smallest absolute Gasteiger partial charge is 0.105 e. The van der Waals surface area contributed by atoms with Crippen LogP contribution in [0.25, 0.3) is 0 Å². The van der Waals surface area contributed by atoms with Gasteiger partial charge in [0.05, 0.1) is 16.3 Å². The molecule has 0 aliphatic heterocycles. The molecule has 1 aromatic carbocycles. The second kappa shape index (κ2) is 6.10. The fourth-order valence-electron chi connectivity index (χ4n) is 1.57. The van der Waals surface area contributed by atoms with Crippen molar-refractivity contribution < 1.29 is 4.42 Å². The summed E-state index contributed by atoms with van der Waals surface area (Å²) < 4.78 is 5.24. The normalized spacial score (nSPS) is 10.7. The third kappa shape index (κ3) is 3.50. The van der Waals surface area contributed by atoms with Crippen LogP contribution in [0.4, 0.5) is 0 Å². The Balaban J connectivity index is 1.80. The Hall–Kier alpha value is -0.960. The second-order valence-corrected chi connectivity index (χ2v) is 4.50. The summed E-state index contributed by atoms with van der Waals surface area (Å²) in [5, 5.41) is 4.52. The summed E-state index contributed by atoms with van der Waals surface area (Å²) in [6.45, 7) is 1.55. The monoisotopic (exact) mass is 269 g/mol. The number of nitrogens with one attached hydrogen (secondary N) is 1. The zero-order chi connectivity index (χ0) is 12.1. The van der Waals surface area contributed by atoms with Crippen molar-refractivity contribution in [3.05, 3.63) is 58.0 Å². The highest BCUT2D eigenvalue weighted by molar-refractivity contribution is 6.42. The van der Waals surface area contributed by atoms with E-state index in [2.05, 4.69) is 5.32 Å². The van der Waals surface area contributed by atoms with Crippen LogP contribution in [0.1, 0.15) is 11.3 Å². The van der Waals surface area contributed by atoms with E-state index in [0.29, 0.717) is 16.6 Å². The highest BCUT2D eigenvalue weighted by Gasteiger charge is 2.03. The van der Waals surface area contributed by atoms with E-state index in [-0.39, 0.29) is 0 Å². The number of furan rings is 1. The van der Waals surface area contributed by atoms with Crippen LogP contribution in [-0.2, 0) is 13.0 Å². The molecular weight excluding hydrogens is 257 g/mol. The Morgan fingerprint density at radius 1 is 1.12 bits per heavy atom. The number of hydrogen-bond acceptors (Lipinski definition) is 2. The molecule has 2 aromatic rings. The summed E-state index contributed by atoms with van der Waals surface area (Å²) in [4.78, 5) is 0. The molecule has 0 radical (unpaired) electrons. The average Bonchev–Trinajstić information content (AvgIpc) is 2.83. The molecule has 0 aliphatic carbocycles. The lowest BCUT2D eigenvalue weighted by atomic mass is 10.2. The Morgan fingerprint density at radius 2 is 2.00 bits per heavy atom. The fourth-order valence-corrected chi connectivity index (χ4v) is 1.96. The van der Waals surface area contributed by atoms with Gasteiger partial charge < -0.3 is 9.73 Å². The predicted octanol–water partition coefficient (Wildman–Crippen LogP) is 3.92. The number of hydrogen-bond donors (Lipinski definition) is 1. The first kappa shape index (κ1) is 12.5. The van der Waals surface area contributed by atoms with Gasteiger partial charge in [-0.3, -0.25) is 0 Å². The first-order chi connectivity index (χ1) is 8.27.